The summed E-state index contributed by atoms with van der Waals surface area (Å²) < 4.78 is 41.7. The second-order valence-electron chi connectivity index (χ2n) is 5.34. The van der Waals surface area contributed by atoms with Gasteiger partial charge in [-0.05, 0) is 24.3 Å². The van der Waals surface area contributed by atoms with E-state index in [1.807, 2.05) is 28.8 Å². The summed E-state index contributed by atoms with van der Waals surface area (Å²) in [5.41, 5.74) is 1.28. The predicted octanol–water partition coefficient (Wildman–Crippen LogP) is 4.37. The first-order valence-electron chi connectivity index (χ1n) is 7.63. The van der Waals surface area contributed by atoms with Crippen LogP contribution < -0.4 is 5.32 Å². The van der Waals surface area contributed by atoms with E-state index in [4.69, 9.17) is 0 Å². The van der Waals surface area contributed by atoms with Crippen LogP contribution in [0.25, 0.3) is 11.0 Å². The smallest absolute Gasteiger partial charge is 0.234 e. The molecule has 0 saturated heterocycles. The molecule has 0 saturated carbocycles. The Kier molecular flexibility index (Phi) is 5.32. The first kappa shape index (κ1) is 18.1. The number of carbonyl (C=O) groups is 1. The van der Waals surface area contributed by atoms with Crippen LogP contribution in [0.5, 0.6) is 0 Å². The minimum Gasteiger partial charge on any atom is -0.323 e. The Morgan fingerprint density at radius 2 is 1.96 bits per heavy atom. The van der Waals surface area contributed by atoms with Crippen LogP contribution in [0.15, 0.2) is 54.2 Å². The fourth-order valence-electron chi connectivity index (χ4n) is 2.41. The lowest BCUT2D eigenvalue weighted by Gasteiger charge is -2.08. The number of nitrogens with one attached hydrogen (secondary N) is 1. The summed E-state index contributed by atoms with van der Waals surface area (Å²) in [6.45, 7) is 4.23. The van der Waals surface area contributed by atoms with Gasteiger partial charge in [-0.1, -0.05) is 30.0 Å². The molecule has 134 valence electrons. The van der Waals surface area contributed by atoms with Gasteiger partial charge >= 0.3 is 0 Å². The average Bonchev–Trinajstić information content (AvgIpc) is 2.99. The van der Waals surface area contributed by atoms with Gasteiger partial charge in [-0.25, -0.2) is 18.2 Å². The summed E-state index contributed by atoms with van der Waals surface area (Å²) in [6.07, 6.45) is 1.72. The fraction of sp³-hybridized carbons (Fsp3) is 0.111. The highest BCUT2D eigenvalue weighted by Crippen LogP contribution is 2.25. The Morgan fingerprint density at radius 1 is 1.19 bits per heavy atom. The lowest BCUT2D eigenvalue weighted by Crippen LogP contribution is -2.16. The molecular weight excluding hydrogens is 363 g/mol. The number of thioether (sulfide) groups is 1. The van der Waals surface area contributed by atoms with E-state index in [1.165, 1.54) is 0 Å². The maximum absolute atomic E-state index is 13.6. The van der Waals surface area contributed by atoms with Crippen molar-refractivity contribution >= 4 is 34.4 Å². The van der Waals surface area contributed by atoms with Gasteiger partial charge in [0.05, 0.1) is 22.5 Å². The highest BCUT2D eigenvalue weighted by atomic mass is 32.2. The van der Waals surface area contributed by atoms with Crippen LogP contribution in [0.2, 0.25) is 0 Å². The molecule has 3 aromatic rings. The number of aromatic nitrogens is 2. The zero-order valence-electron chi connectivity index (χ0n) is 13.5. The van der Waals surface area contributed by atoms with Crippen molar-refractivity contribution in [3.8, 4) is 0 Å². The van der Waals surface area contributed by atoms with Gasteiger partial charge in [0.1, 0.15) is 0 Å². The van der Waals surface area contributed by atoms with Crippen LogP contribution >= 0.6 is 11.8 Å². The number of hydrogen-bond donors (Lipinski definition) is 1. The number of nitrogens with zero attached hydrogens (tertiary/aromatic N) is 2. The van der Waals surface area contributed by atoms with Gasteiger partial charge in [0, 0.05) is 6.54 Å². The van der Waals surface area contributed by atoms with Crippen LogP contribution in [0, 0.1) is 17.5 Å². The molecule has 1 N–H and O–H groups in total. The highest BCUT2D eigenvalue weighted by Gasteiger charge is 2.16. The number of para-hydroxylation sites is 2. The second-order valence-corrected chi connectivity index (χ2v) is 6.28. The third-order valence-corrected chi connectivity index (χ3v) is 4.55. The minimum atomic E-state index is -1.62. The van der Waals surface area contributed by atoms with Gasteiger partial charge in [-0.2, -0.15) is 0 Å². The molecule has 1 aromatic heterocycles. The quantitative estimate of drug-likeness (QED) is 0.394. The van der Waals surface area contributed by atoms with Crippen LogP contribution in [0.1, 0.15) is 0 Å². The van der Waals surface area contributed by atoms with Crippen molar-refractivity contribution in [1.82, 2.24) is 9.55 Å². The van der Waals surface area contributed by atoms with E-state index >= 15 is 0 Å². The number of rotatable bonds is 6. The summed E-state index contributed by atoms with van der Waals surface area (Å²) in [7, 11) is 0. The topological polar surface area (TPSA) is 46.9 Å². The van der Waals surface area contributed by atoms with Crippen LogP contribution in [0.4, 0.5) is 18.9 Å². The molecule has 8 heteroatoms. The molecule has 0 bridgehead atoms. The Morgan fingerprint density at radius 3 is 2.73 bits per heavy atom. The third-order valence-electron chi connectivity index (χ3n) is 3.57. The summed E-state index contributed by atoms with van der Waals surface area (Å²) in [5.74, 6) is -4.99. The molecule has 0 aliphatic carbocycles. The van der Waals surface area contributed by atoms with Crippen molar-refractivity contribution in [2.45, 2.75) is 11.7 Å². The van der Waals surface area contributed by atoms with Crippen LogP contribution in [-0.2, 0) is 11.3 Å². The lowest BCUT2D eigenvalue weighted by atomic mass is 10.3. The molecule has 4 nitrogen and oxygen atoms in total. The molecular formula is C18H14F3N3OS. The average molecular weight is 377 g/mol. The second kappa shape index (κ2) is 7.65. The molecule has 0 radical (unpaired) electrons. The van der Waals surface area contributed by atoms with Crippen molar-refractivity contribution in [3.05, 3.63) is 66.5 Å². The van der Waals surface area contributed by atoms with Crippen molar-refractivity contribution in [1.29, 1.82) is 0 Å². The van der Waals surface area contributed by atoms with Gasteiger partial charge in [0.2, 0.25) is 5.91 Å². The molecule has 26 heavy (non-hydrogen) atoms. The fourth-order valence-corrected chi connectivity index (χ4v) is 3.23. The number of allylic oxidation sites excluding steroid dienone is 1. The maximum atomic E-state index is 13.6. The zero-order chi connectivity index (χ0) is 18.7. The Hall–Kier alpha value is -2.74. The van der Waals surface area contributed by atoms with E-state index in [0.717, 1.165) is 34.9 Å². The van der Waals surface area contributed by atoms with Crippen molar-refractivity contribution < 1.29 is 18.0 Å². The Balaban J connectivity index is 1.74. The summed E-state index contributed by atoms with van der Waals surface area (Å²) in [6, 6.07) is 9.24. The number of amides is 1. The van der Waals surface area contributed by atoms with E-state index in [0.29, 0.717) is 11.7 Å². The molecule has 0 atom stereocenters. The first-order valence-corrected chi connectivity index (χ1v) is 8.62. The summed E-state index contributed by atoms with van der Waals surface area (Å²) >= 11 is 1.16. The number of carbonyl (C=O) groups excluding carboxylic acids is 1. The zero-order valence-corrected chi connectivity index (χ0v) is 14.3. The van der Waals surface area contributed by atoms with Crippen molar-refractivity contribution in [2.24, 2.45) is 0 Å². The molecule has 1 heterocycles. The number of anilines is 1. The molecule has 0 aliphatic rings. The van der Waals surface area contributed by atoms with E-state index in [9.17, 15) is 18.0 Å². The number of benzene rings is 2. The van der Waals surface area contributed by atoms with Gasteiger partial charge in [0.15, 0.2) is 22.6 Å². The molecule has 0 unspecified atom stereocenters. The lowest BCUT2D eigenvalue weighted by molar-refractivity contribution is -0.113. The number of halogens is 3. The molecule has 3 rings (SSSR count). The first-order chi connectivity index (χ1) is 12.5. The predicted molar refractivity (Wildman–Crippen MR) is 95.6 cm³/mol. The largest absolute Gasteiger partial charge is 0.323 e. The Labute approximate surface area is 151 Å². The van der Waals surface area contributed by atoms with Gasteiger partial charge in [0.25, 0.3) is 0 Å². The van der Waals surface area contributed by atoms with Gasteiger partial charge in [-0.15, -0.1) is 6.58 Å². The Bertz CT molecular complexity index is 987. The van der Waals surface area contributed by atoms with Gasteiger partial charge < -0.3 is 9.88 Å². The molecule has 0 fully saturated rings. The van der Waals surface area contributed by atoms with E-state index < -0.39 is 29.0 Å². The number of hydrogen-bond acceptors (Lipinski definition) is 3. The summed E-state index contributed by atoms with van der Waals surface area (Å²) in [5, 5.41) is 2.84. The van der Waals surface area contributed by atoms with E-state index in [-0.39, 0.29) is 5.75 Å². The van der Waals surface area contributed by atoms with Crippen molar-refractivity contribution in [3.63, 3.8) is 0 Å². The SMILES string of the molecule is C=CCn1c(SCC(=O)Nc2ccc(F)c(F)c2F)nc2ccccc21. The van der Waals surface area contributed by atoms with E-state index in [1.54, 1.807) is 6.08 Å². The van der Waals surface area contributed by atoms with Crippen molar-refractivity contribution in [2.75, 3.05) is 11.1 Å². The molecule has 2 aromatic carbocycles. The monoisotopic (exact) mass is 377 g/mol. The summed E-state index contributed by atoms with van der Waals surface area (Å²) in [4.78, 5) is 16.5. The highest BCUT2D eigenvalue weighted by molar-refractivity contribution is 7.99. The maximum Gasteiger partial charge on any atom is 0.234 e. The third kappa shape index (κ3) is 3.60. The van der Waals surface area contributed by atoms with Crippen LogP contribution in [0.3, 0.4) is 0 Å². The molecule has 0 aliphatic heterocycles. The normalized spacial score (nSPS) is 10.9. The molecule has 1 amide bonds. The van der Waals surface area contributed by atoms with Gasteiger partial charge in [-0.3, -0.25) is 4.79 Å². The van der Waals surface area contributed by atoms with E-state index in [2.05, 4.69) is 16.9 Å². The number of fused-ring (bicyclic) bond motifs is 1. The number of imidazole rings is 1. The van der Waals surface area contributed by atoms with Crippen LogP contribution in [-0.4, -0.2) is 21.2 Å². The minimum absolute atomic E-state index is 0.0705. The molecule has 0 spiro atoms. The standard InChI is InChI=1S/C18H14F3N3OS/c1-2-9-24-14-6-4-3-5-12(14)23-18(24)26-10-15(25)22-13-8-7-11(19)16(20)17(13)21/h2-8H,1,9-10H2,(H,22,25).